The van der Waals surface area contributed by atoms with Crippen molar-refractivity contribution in [1.29, 1.82) is 0 Å². The average molecular weight is 328 g/mol. The number of carboxylic acid groups (broad SMARTS) is 1. The van der Waals surface area contributed by atoms with Crippen molar-refractivity contribution in [3.8, 4) is 0 Å². The summed E-state index contributed by atoms with van der Waals surface area (Å²) in [7, 11) is 0. The summed E-state index contributed by atoms with van der Waals surface area (Å²) < 4.78 is 1.72. The first kappa shape index (κ1) is 16.2. The number of hydrogen-bond acceptors (Lipinski definition) is 4. The van der Waals surface area contributed by atoms with Gasteiger partial charge in [0.2, 0.25) is 5.91 Å². The van der Waals surface area contributed by atoms with Crippen LogP contribution < -0.4 is 5.32 Å². The van der Waals surface area contributed by atoms with Crippen molar-refractivity contribution in [1.82, 2.24) is 14.8 Å². The van der Waals surface area contributed by atoms with Gasteiger partial charge in [-0.2, -0.15) is 5.10 Å². The maximum atomic E-state index is 12.4. The van der Waals surface area contributed by atoms with Gasteiger partial charge in [0, 0.05) is 5.69 Å². The van der Waals surface area contributed by atoms with Crippen molar-refractivity contribution in [2.45, 2.75) is 32.2 Å². The van der Waals surface area contributed by atoms with Crippen LogP contribution in [0.3, 0.4) is 0 Å². The topological polar surface area (TPSA) is 97.1 Å². The van der Waals surface area contributed by atoms with E-state index >= 15 is 0 Å². The number of amides is 1. The Labute approximate surface area is 139 Å². The summed E-state index contributed by atoms with van der Waals surface area (Å²) in [6.45, 7) is 0.609. The van der Waals surface area contributed by atoms with Gasteiger partial charge in [0.1, 0.15) is 12.7 Å². The second kappa shape index (κ2) is 7.25. The molecule has 1 aliphatic carbocycles. The molecule has 1 fully saturated rings. The van der Waals surface area contributed by atoms with Crippen molar-refractivity contribution >= 4 is 17.6 Å². The van der Waals surface area contributed by atoms with Gasteiger partial charge in [-0.15, -0.1) is 0 Å². The number of benzene rings is 1. The zero-order valence-corrected chi connectivity index (χ0v) is 13.3. The van der Waals surface area contributed by atoms with Crippen LogP contribution in [0.5, 0.6) is 0 Å². The zero-order valence-electron chi connectivity index (χ0n) is 13.3. The molecule has 1 amide bonds. The molecule has 0 saturated heterocycles. The Morgan fingerprint density at radius 1 is 1.17 bits per heavy atom. The van der Waals surface area contributed by atoms with Crippen LogP contribution in [0, 0.1) is 11.8 Å². The predicted octanol–water partition coefficient (Wildman–Crippen LogP) is 2.16. The Balaban J connectivity index is 1.62. The first-order valence-electron chi connectivity index (χ1n) is 8.08. The Bertz CT molecular complexity index is 697. The van der Waals surface area contributed by atoms with Crippen molar-refractivity contribution < 1.29 is 14.7 Å². The monoisotopic (exact) mass is 328 g/mol. The molecular weight excluding hydrogens is 308 g/mol. The number of anilines is 1. The minimum atomic E-state index is -0.877. The highest BCUT2D eigenvalue weighted by atomic mass is 16.4. The number of nitrogens with zero attached hydrogens (tertiary/aromatic N) is 3. The maximum Gasteiger partial charge on any atom is 0.307 e. The summed E-state index contributed by atoms with van der Waals surface area (Å²) in [4.78, 5) is 27.6. The fourth-order valence-electron chi connectivity index (χ4n) is 3.17. The van der Waals surface area contributed by atoms with Crippen LogP contribution in [0.4, 0.5) is 5.69 Å². The number of carbonyl (C=O) groups excluding carboxylic acids is 1. The second-order valence-electron chi connectivity index (χ2n) is 6.11. The Hall–Kier alpha value is -2.70. The number of aromatic nitrogens is 3. The van der Waals surface area contributed by atoms with E-state index in [9.17, 15) is 14.7 Å². The number of carbonyl (C=O) groups is 2. The van der Waals surface area contributed by atoms with Crippen molar-refractivity contribution in [2.75, 3.05) is 5.32 Å². The van der Waals surface area contributed by atoms with Gasteiger partial charge in [-0.3, -0.25) is 9.59 Å². The Morgan fingerprint density at radius 2 is 1.88 bits per heavy atom. The van der Waals surface area contributed by atoms with E-state index in [1.807, 2.05) is 24.3 Å². The Morgan fingerprint density at radius 3 is 2.50 bits per heavy atom. The molecule has 0 spiro atoms. The standard InChI is InChI=1S/C17H20N4O3/c22-16(14-3-1-2-4-15(14)17(23)24)20-13-7-5-12(6-8-13)9-21-11-18-10-19-21/h5-8,10-11,14-15H,1-4,9H2,(H,20,22)(H,23,24)/t14-,15+/m0/s1. The van der Waals surface area contributed by atoms with Gasteiger partial charge in [0.05, 0.1) is 18.4 Å². The summed E-state index contributed by atoms with van der Waals surface area (Å²) in [6, 6.07) is 7.46. The molecule has 126 valence electrons. The maximum absolute atomic E-state index is 12.4. The van der Waals surface area contributed by atoms with Gasteiger partial charge in [-0.1, -0.05) is 25.0 Å². The van der Waals surface area contributed by atoms with Gasteiger partial charge in [0.25, 0.3) is 0 Å². The molecule has 1 heterocycles. The smallest absolute Gasteiger partial charge is 0.307 e. The van der Waals surface area contributed by atoms with E-state index in [0.717, 1.165) is 18.4 Å². The highest BCUT2D eigenvalue weighted by Crippen LogP contribution is 2.31. The minimum Gasteiger partial charge on any atom is -0.481 e. The average Bonchev–Trinajstić information content (AvgIpc) is 3.09. The van der Waals surface area contributed by atoms with E-state index in [1.54, 1.807) is 11.0 Å². The van der Waals surface area contributed by atoms with Gasteiger partial charge in [-0.05, 0) is 30.5 Å². The molecule has 2 aromatic rings. The Kier molecular flexibility index (Phi) is 4.88. The SMILES string of the molecule is O=C(Nc1ccc(Cn2cncn2)cc1)[C@H]1CCCC[C@H]1C(=O)O. The normalized spacial score (nSPS) is 20.5. The molecule has 1 aliphatic rings. The molecule has 0 aliphatic heterocycles. The second-order valence-corrected chi connectivity index (χ2v) is 6.11. The third-order valence-corrected chi connectivity index (χ3v) is 4.45. The lowest BCUT2D eigenvalue weighted by Gasteiger charge is -2.27. The molecule has 7 nitrogen and oxygen atoms in total. The quantitative estimate of drug-likeness (QED) is 0.876. The fraction of sp³-hybridized carbons (Fsp3) is 0.412. The molecule has 1 saturated carbocycles. The van der Waals surface area contributed by atoms with Crippen LogP contribution in [-0.2, 0) is 16.1 Å². The number of hydrogen-bond donors (Lipinski definition) is 2. The van der Waals surface area contributed by atoms with Gasteiger partial charge < -0.3 is 10.4 Å². The van der Waals surface area contributed by atoms with E-state index < -0.39 is 17.8 Å². The van der Waals surface area contributed by atoms with Crippen LogP contribution >= 0.6 is 0 Å². The third-order valence-electron chi connectivity index (χ3n) is 4.45. The molecule has 24 heavy (non-hydrogen) atoms. The van der Waals surface area contributed by atoms with Crippen LogP contribution in [0.15, 0.2) is 36.9 Å². The van der Waals surface area contributed by atoms with Crippen molar-refractivity contribution in [3.63, 3.8) is 0 Å². The summed E-state index contributed by atoms with van der Waals surface area (Å²) in [5.41, 5.74) is 1.72. The lowest BCUT2D eigenvalue weighted by molar-refractivity contribution is -0.147. The number of aliphatic carboxylic acids is 1. The first-order valence-corrected chi connectivity index (χ1v) is 8.08. The highest BCUT2D eigenvalue weighted by Gasteiger charge is 2.35. The number of rotatable bonds is 5. The van der Waals surface area contributed by atoms with Crippen LogP contribution in [-0.4, -0.2) is 31.7 Å². The molecule has 0 unspecified atom stereocenters. The predicted molar refractivity (Wildman–Crippen MR) is 87.3 cm³/mol. The van der Waals surface area contributed by atoms with Crippen molar-refractivity contribution in [2.24, 2.45) is 11.8 Å². The zero-order chi connectivity index (χ0) is 16.9. The summed E-state index contributed by atoms with van der Waals surface area (Å²) in [5, 5.41) is 16.2. The fourth-order valence-corrected chi connectivity index (χ4v) is 3.17. The molecule has 2 atom stereocenters. The van der Waals surface area contributed by atoms with Crippen LogP contribution in [0.25, 0.3) is 0 Å². The molecule has 0 radical (unpaired) electrons. The largest absolute Gasteiger partial charge is 0.481 e. The summed E-state index contributed by atoms with van der Waals surface area (Å²) >= 11 is 0. The molecule has 2 N–H and O–H groups in total. The first-order chi connectivity index (χ1) is 11.6. The lowest BCUT2D eigenvalue weighted by atomic mass is 9.78. The third kappa shape index (κ3) is 3.79. The van der Waals surface area contributed by atoms with E-state index in [-0.39, 0.29) is 5.91 Å². The molecule has 3 rings (SSSR count). The van der Waals surface area contributed by atoms with Gasteiger partial charge in [-0.25, -0.2) is 9.67 Å². The molecule has 7 heteroatoms. The van der Waals surface area contributed by atoms with Gasteiger partial charge in [0.15, 0.2) is 0 Å². The van der Waals surface area contributed by atoms with E-state index in [4.69, 9.17) is 0 Å². The lowest BCUT2D eigenvalue weighted by Crippen LogP contribution is -2.36. The van der Waals surface area contributed by atoms with Crippen LogP contribution in [0.2, 0.25) is 0 Å². The van der Waals surface area contributed by atoms with E-state index in [1.165, 1.54) is 6.33 Å². The van der Waals surface area contributed by atoms with Gasteiger partial charge >= 0.3 is 5.97 Å². The number of nitrogens with one attached hydrogen (secondary N) is 1. The molecule has 0 bridgehead atoms. The summed E-state index contributed by atoms with van der Waals surface area (Å²) in [5.74, 6) is -2.11. The van der Waals surface area contributed by atoms with E-state index in [0.29, 0.717) is 25.1 Å². The molecule has 1 aromatic carbocycles. The molecule has 1 aromatic heterocycles. The number of carboxylic acids is 1. The summed E-state index contributed by atoms with van der Waals surface area (Å²) in [6.07, 6.45) is 6.11. The highest BCUT2D eigenvalue weighted by molar-refractivity contribution is 5.95. The van der Waals surface area contributed by atoms with E-state index in [2.05, 4.69) is 15.4 Å². The minimum absolute atomic E-state index is 0.203. The van der Waals surface area contributed by atoms with Crippen molar-refractivity contribution in [3.05, 3.63) is 42.5 Å². The van der Waals surface area contributed by atoms with Crippen LogP contribution in [0.1, 0.15) is 31.2 Å². The molecular formula is C17H20N4O3.